The first kappa shape index (κ1) is 52.4. The van der Waals surface area contributed by atoms with Gasteiger partial charge in [0.15, 0.2) is 6.10 Å². The van der Waals surface area contributed by atoms with Gasteiger partial charge in [0.2, 0.25) is 23.6 Å². The molecule has 8 atom stereocenters. The molecule has 1 aromatic carbocycles. The van der Waals surface area contributed by atoms with E-state index >= 15 is 0 Å². The van der Waals surface area contributed by atoms with E-state index in [9.17, 15) is 33.6 Å². The van der Waals surface area contributed by atoms with Crippen molar-refractivity contribution in [3.8, 4) is 0 Å². The topological polar surface area (TPSA) is 181 Å². The van der Waals surface area contributed by atoms with E-state index in [2.05, 4.69) is 16.0 Å². The van der Waals surface area contributed by atoms with E-state index in [4.69, 9.17) is 21.1 Å². The highest BCUT2D eigenvalue weighted by Gasteiger charge is 2.40. The summed E-state index contributed by atoms with van der Waals surface area (Å²) in [4.78, 5) is 99.2. The van der Waals surface area contributed by atoms with Crippen LogP contribution in [0.3, 0.4) is 0 Å². The van der Waals surface area contributed by atoms with E-state index in [-0.39, 0.29) is 42.1 Å². The zero-order valence-corrected chi connectivity index (χ0v) is 39.4. The number of hydrogen-bond acceptors (Lipinski definition) is 9. The first-order valence-corrected chi connectivity index (χ1v) is 21.6. The fourth-order valence-corrected chi connectivity index (χ4v) is 6.95. The third-order valence-corrected chi connectivity index (χ3v) is 11.8. The molecule has 0 aliphatic carbocycles. The summed E-state index contributed by atoms with van der Waals surface area (Å²) in [5.74, 6) is -5.24. The van der Waals surface area contributed by atoms with Gasteiger partial charge in [0.05, 0.1) is 6.54 Å². The van der Waals surface area contributed by atoms with Crippen molar-refractivity contribution in [3.05, 3.63) is 58.1 Å². The number of likely N-dealkylation sites (N-methyl/N-ethyl adjacent to an activating group) is 2. The molecular formula is C46H70ClN5O9. The minimum atomic E-state index is -1.51. The summed E-state index contributed by atoms with van der Waals surface area (Å²) in [5.41, 5.74) is 0.238. The number of carbonyl (C=O) groups is 7. The molecule has 1 aliphatic heterocycles. The number of allylic oxidation sites excluding steroid dienone is 2. The van der Waals surface area contributed by atoms with Crippen LogP contribution in [0.2, 0.25) is 5.02 Å². The van der Waals surface area contributed by atoms with Gasteiger partial charge in [-0.2, -0.15) is 0 Å². The van der Waals surface area contributed by atoms with E-state index in [0.717, 1.165) is 5.57 Å². The number of nitrogens with one attached hydrogen (secondary N) is 3. The Balaban J connectivity index is 2.67. The summed E-state index contributed by atoms with van der Waals surface area (Å²) in [6, 6.07) is 3.41. The van der Waals surface area contributed by atoms with Crippen LogP contribution < -0.4 is 16.0 Å². The van der Waals surface area contributed by atoms with Crippen LogP contribution in [0.5, 0.6) is 0 Å². The van der Waals surface area contributed by atoms with Crippen LogP contribution in [0.4, 0.5) is 0 Å². The average Bonchev–Trinajstić information content (AvgIpc) is 3.20. The lowest BCUT2D eigenvalue weighted by Gasteiger charge is -2.34. The summed E-state index contributed by atoms with van der Waals surface area (Å²) in [6.45, 7) is 20.7. The monoisotopic (exact) mass is 871 g/mol. The third-order valence-electron chi connectivity index (χ3n) is 11.5. The highest BCUT2D eigenvalue weighted by molar-refractivity contribution is 6.30. The van der Waals surface area contributed by atoms with Crippen LogP contribution >= 0.6 is 11.6 Å². The van der Waals surface area contributed by atoms with Gasteiger partial charge in [0, 0.05) is 31.1 Å². The van der Waals surface area contributed by atoms with Gasteiger partial charge in [-0.15, -0.1) is 0 Å². The molecule has 1 unspecified atom stereocenters. The van der Waals surface area contributed by atoms with Crippen LogP contribution in [0.1, 0.15) is 108 Å². The number of benzene rings is 1. The second-order valence-electron chi connectivity index (χ2n) is 17.6. The normalized spacial score (nSPS) is 27.9. The molecule has 0 saturated carbocycles. The number of esters is 2. The average molecular weight is 873 g/mol. The SMILES string of the molecule is C/C=C(\C)[C@H]1OC(=O)C(C)(C)NC(=O)[C@H](C(C)CC)NC(=O)CN(C)C(=O)[C@@H](Cc2ccc(Cl)cc2)N(C)C(=O)[C@H](C)NC(=O)[C@@H](CC(C)C)OC(=O)/C(C)=C/C[C@H](C)[C@@H]1C. The van der Waals surface area contributed by atoms with Crippen molar-refractivity contribution >= 4 is 53.1 Å². The molecule has 0 aromatic heterocycles. The lowest BCUT2D eigenvalue weighted by Crippen LogP contribution is -2.60. The van der Waals surface area contributed by atoms with E-state index in [1.54, 1.807) is 44.2 Å². The number of amides is 5. The Hall–Kier alpha value is -4.72. The quantitative estimate of drug-likeness (QED) is 0.234. The van der Waals surface area contributed by atoms with Crippen LogP contribution in [0.25, 0.3) is 0 Å². The number of halogens is 1. The van der Waals surface area contributed by atoms with Crippen molar-refractivity contribution in [3.63, 3.8) is 0 Å². The first-order valence-electron chi connectivity index (χ1n) is 21.2. The molecule has 2 rings (SSSR count). The Morgan fingerprint density at radius 3 is 2.10 bits per heavy atom. The number of ether oxygens (including phenoxy) is 2. The minimum Gasteiger partial charge on any atom is -0.456 e. The molecule has 15 heteroatoms. The fraction of sp³-hybridized carbons (Fsp3) is 0.630. The number of hydrogen-bond donors (Lipinski definition) is 3. The predicted octanol–water partition coefficient (Wildman–Crippen LogP) is 5.56. The maximum atomic E-state index is 14.2. The molecule has 0 spiro atoms. The molecule has 1 heterocycles. The van der Waals surface area contributed by atoms with Gasteiger partial charge in [-0.05, 0) is 101 Å². The van der Waals surface area contributed by atoms with Gasteiger partial charge in [0.25, 0.3) is 5.91 Å². The smallest absolute Gasteiger partial charge is 0.334 e. The summed E-state index contributed by atoms with van der Waals surface area (Å²) < 4.78 is 11.9. The first-order chi connectivity index (χ1) is 28.3. The van der Waals surface area contributed by atoms with E-state index < -0.39 is 83.9 Å². The minimum absolute atomic E-state index is 0.0406. The van der Waals surface area contributed by atoms with Gasteiger partial charge < -0.3 is 35.2 Å². The molecular weight excluding hydrogens is 802 g/mol. The number of rotatable bonds is 7. The molecule has 0 radical (unpaired) electrons. The Bertz CT molecular complexity index is 1790. The van der Waals surface area contributed by atoms with Gasteiger partial charge in [0.1, 0.15) is 29.8 Å². The second-order valence-corrected chi connectivity index (χ2v) is 18.0. The fourth-order valence-electron chi connectivity index (χ4n) is 6.83. The van der Waals surface area contributed by atoms with Crippen molar-refractivity contribution in [1.82, 2.24) is 25.8 Å². The van der Waals surface area contributed by atoms with E-state index in [0.29, 0.717) is 23.4 Å². The zero-order valence-electron chi connectivity index (χ0n) is 38.6. The van der Waals surface area contributed by atoms with Gasteiger partial charge in [-0.1, -0.05) is 83.8 Å². The van der Waals surface area contributed by atoms with Crippen LogP contribution in [-0.4, -0.2) is 108 Å². The molecule has 0 saturated heterocycles. The Kier molecular flexibility index (Phi) is 20.2. The third kappa shape index (κ3) is 15.3. The van der Waals surface area contributed by atoms with Crippen LogP contribution in [0.15, 0.2) is 47.6 Å². The molecule has 61 heavy (non-hydrogen) atoms. The van der Waals surface area contributed by atoms with Crippen LogP contribution in [0, 0.1) is 23.7 Å². The lowest BCUT2D eigenvalue weighted by atomic mass is 9.84. The Morgan fingerprint density at radius 1 is 0.934 bits per heavy atom. The summed E-state index contributed by atoms with van der Waals surface area (Å²) in [7, 11) is 2.85. The highest BCUT2D eigenvalue weighted by atomic mass is 35.5. The molecule has 14 nitrogen and oxygen atoms in total. The van der Waals surface area contributed by atoms with Crippen molar-refractivity contribution in [2.45, 2.75) is 145 Å². The highest BCUT2D eigenvalue weighted by Crippen LogP contribution is 2.28. The van der Waals surface area contributed by atoms with Crippen molar-refractivity contribution < 1.29 is 43.0 Å². The van der Waals surface area contributed by atoms with Gasteiger partial charge in [-0.3, -0.25) is 24.0 Å². The summed E-state index contributed by atoms with van der Waals surface area (Å²) >= 11 is 6.13. The van der Waals surface area contributed by atoms with Crippen LogP contribution in [-0.2, 0) is 49.5 Å². The largest absolute Gasteiger partial charge is 0.456 e. The molecule has 3 N–H and O–H groups in total. The molecule has 1 aliphatic rings. The number of nitrogens with zero attached hydrogens (tertiary/aromatic N) is 2. The number of carbonyl (C=O) groups excluding carboxylic acids is 7. The van der Waals surface area contributed by atoms with Gasteiger partial charge in [-0.25, -0.2) is 9.59 Å². The Labute approximate surface area is 367 Å². The standard InChI is InChI=1S/C46H70ClN5O9/c1-15-27(5)38-41(55)50-46(11,12)45(59)61-39(28(6)16-2)31(9)29(7)17-18-30(8)44(58)60-36(23-26(3)4)40(54)48-32(10)42(56)52(14)35(24-33-19-21-34(47)22-20-33)43(57)51(13)25-37(53)49-38/h16,18-22,26-27,29,31-32,35-36,38-39H,15,17,23-25H2,1-14H3,(H,48,54)(H,49,53)(H,50,55)/b28-16+,30-18+/t27?,29-,31-,32-,35+,36+,38-,39+/m0/s1. The Morgan fingerprint density at radius 2 is 1.54 bits per heavy atom. The second kappa shape index (κ2) is 23.5. The molecule has 0 bridgehead atoms. The lowest BCUT2D eigenvalue weighted by molar-refractivity contribution is -0.159. The predicted molar refractivity (Wildman–Crippen MR) is 236 cm³/mol. The molecule has 0 fully saturated rings. The number of cyclic esters (lactones) is 2. The van der Waals surface area contributed by atoms with Crippen molar-refractivity contribution in [1.29, 1.82) is 0 Å². The van der Waals surface area contributed by atoms with Crippen molar-refractivity contribution in [2.24, 2.45) is 23.7 Å². The van der Waals surface area contributed by atoms with E-state index in [1.807, 2.05) is 54.5 Å². The summed E-state index contributed by atoms with van der Waals surface area (Å²) in [6.07, 6.45) is 2.83. The van der Waals surface area contributed by atoms with Crippen molar-refractivity contribution in [2.75, 3.05) is 20.6 Å². The molecule has 1 aromatic rings. The summed E-state index contributed by atoms with van der Waals surface area (Å²) in [5, 5.41) is 8.72. The zero-order chi connectivity index (χ0) is 46.5. The maximum absolute atomic E-state index is 14.2. The molecule has 340 valence electrons. The van der Waals surface area contributed by atoms with E-state index in [1.165, 1.54) is 44.7 Å². The maximum Gasteiger partial charge on any atom is 0.334 e. The molecule has 5 amide bonds. The van der Waals surface area contributed by atoms with Gasteiger partial charge >= 0.3 is 11.9 Å².